The molecule has 1 saturated heterocycles. The van der Waals surface area contributed by atoms with Crippen LogP contribution in [0, 0.1) is 0 Å². The molecule has 1 aromatic rings. The van der Waals surface area contributed by atoms with E-state index in [-0.39, 0.29) is 18.2 Å². The van der Waals surface area contributed by atoms with E-state index in [0.717, 1.165) is 5.56 Å². The van der Waals surface area contributed by atoms with Crippen molar-refractivity contribution < 1.29 is 19.1 Å². The average molecular weight is 366 g/mol. The third-order valence-electron chi connectivity index (χ3n) is 3.84. The van der Waals surface area contributed by atoms with Crippen molar-refractivity contribution in [1.29, 1.82) is 0 Å². The number of imide groups is 1. The van der Waals surface area contributed by atoms with Gasteiger partial charge in [-0.1, -0.05) is 19.9 Å². The number of piperidine rings is 1. The van der Waals surface area contributed by atoms with Crippen LogP contribution in [0.5, 0.6) is 5.75 Å². The first-order chi connectivity index (χ1) is 12.1. The fourth-order valence-electron chi connectivity index (χ4n) is 2.85. The van der Waals surface area contributed by atoms with E-state index < -0.39 is 11.9 Å². The predicted molar refractivity (Wildman–Crippen MR) is 99.9 cm³/mol. The Kier molecular flexibility index (Phi) is 8.48. The molecule has 2 aliphatic heterocycles. The van der Waals surface area contributed by atoms with Gasteiger partial charge in [0.25, 0.3) is 5.91 Å². The molecule has 138 valence electrons. The minimum atomic E-state index is -0.586. The summed E-state index contributed by atoms with van der Waals surface area (Å²) in [5.41, 5.74) is 1.39. The summed E-state index contributed by atoms with van der Waals surface area (Å²) in [5.74, 6) is -0.181. The molecule has 0 saturated carbocycles. The summed E-state index contributed by atoms with van der Waals surface area (Å²) in [6, 6.07) is 4.75. The van der Waals surface area contributed by atoms with Gasteiger partial charge in [0.15, 0.2) is 0 Å². The third kappa shape index (κ3) is 4.54. The zero-order chi connectivity index (χ0) is 19.0. The van der Waals surface area contributed by atoms with Crippen LogP contribution in [0.4, 0.5) is 0 Å². The van der Waals surface area contributed by atoms with Gasteiger partial charge in [0, 0.05) is 17.5 Å². The molecule has 2 heterocycles. The van der Waals surface area contributed by atoms with Gasteiger partial charge in [0.2, 0.25) is 11.8 Å². The van der Waals surface area contributed by atoms with E-state index in [2.05, 4.69) is 17.9 Å². The molecule has 1 aromatic carbocycles. The van der Waals surface area contributed by atoms with Crippen molar-refractivity contribution in [3.63, 3.8) is 0 Å². The summed E-state index contributed by atoms with van der Waals surface area (Å²) >= 11 is 3.53. The summed E-state index contributed by atoms with van der Waals surface area (Å²) in [7, 11) is 0. The first-order valence-electron chi connectivity index (χ1n) is 8.46. The zero-order valence-corrected chi connectivity index (χ0v) is 16.1. The normalized spacial score (nSPS) is 18.4. The van der Waals surface area contributed by atoms with E-state index in [1.54, 1.807) is 18.4 Å². The van der Waals surface area contributed by atoms with Gasteiger partial charge in [0.05, 0.1) is 13.2 Å². The van der Waals surface area contributed by atoms with Gasteiger partial charge in [0.1, 0.15) is 11.8 Å². The molecule has 1 atom stereocenters. The number of ether oxygens (including phenoxy) is 1. The summed E-state index contributed by atoms with van der Waals surface area (Å²) in [4.78, 5) is 37.2. The Morgan fingerprint density at radius 1 is 1.24 bits per heavy atom. The van der Waals surface area contributed by atoms with E-state index in [1.807, 2.05) is 26.8 Å². The number of benzene rings is 1. The molecule has 6 nitrogen and oxygen atoms in total. The molecule has 7 heteroatoms. The molecular weight excluding hydrogens is 340 g/mol. The highest BCUT2D eigenvalue weighted by atomic mass is 32.1. The molecule has 1 unspecified atom stereocenters. The second kappa shape index (κ2) is 10.1. The van der Waals surface area contributed by atoms with Gasteiger partial charge in [-0.05, 0) is 31.7 Å². The molecule has 0 spiro atoms. The fraction of sp³-hybridized carbons (Fsp3) is 0.500. The number of carbonyl (C=O) groups is 3. The maximum absolute atomic E-state index is 12.5. The van der Waals surface area contributed by atoms with Crippen molar-refractivity contribution in [3.05, 3.63) is 29.3 Å². The van der Waals surface area contributed by atoms with Crippen molar-refractivity contribution in [2.75, 3.05) is 12.9 Å². The number of nitrogens with one attached hydrogen (secondary N) is 1. The van der Waals surface area contributed by atoms with E-state index in [1.165, 1.54) is 4.90 Å². The van der Waals surface area contributed by atoms with Crippen LogP contribution < -0.4 is 10.1 Å². The standard InChI is InChI=1S/C15H16N2O4.C2H6.CH4S/c1-2-21-12-5-3-4-9-10(12)8-17(15(9)20)11-6-7-13(18)16-14(11)19;2*1-2/h3-5,11H,2,6-8H2,1H3,(H,16,18,19);1-2H3;2H,1H3. The number of nitrogens with zero attached hydrogens (tertiary/aromatic N) is 1. The summed E-state index contributed by atoms with van der Waals surface area (Å²) < 4.78 is 5.54. The first kappa shape index (κ1) is 21.0. The van der Waals surface area contributed by atoms with E-state index in [0.29, 0.717) is 30.9 Å². The second-order valence-electron chi connectivity index (χ2n) is 5.12. The van der Waals surface area contributed by atoms with Crippen LogP contribution in [-0.2, 0) is 16.1 Å². The monoisotopic (exact) mass is 366 g/mol. The minimum absolute atomic E-state index is 0.180. The average Bonchev–Trinajstić information content (AvgIpc) is 2.97. The van der Waals surface area contributed by atoms with Crippen LogP contribution in [0.3, 0.4) is 0 Å². The molecule has 0 aromatic heterocycles. The van der Waals surface area contributed by atoms with Crippen molar-refractivity contribution >= 4 is 30.4 Å². The van der Waals surface area contributed by atoms with Crippen LogP contribution in [0.1, 0.15) is 49.5 Å². The molecule has 1 N–H and O–H groups in total. The number of rotatable bonds is 3. The van der Waals surface area contributed by atoms with Crippen molar-refractivity contribution in [2.45, 2.75) is 46.2 Å². The van der Waals surface area contributed by atoms with Gasteiger partial charge < -0.3 is 9.64 Å². The summed E-state index contributed by atoms with van der Waals surface area (Å²) in [6.45, 7) is 6.74. The van der Waals surface area contributed by atoms with Gasteiger partial charge in [-0.2, -0.15) is 12.6 Å². The lowest BCUT2D eigenvalue weighted by Gasteiger charge is -2.29. The molecule has 0 aliphatic carbocycles. The second-order valence-corrected chi connectivity index (χ2v) is 5.12. The Balaban J connectivity index is 0.000000730. The lowest BCUT2D eigenvalue weighted by atomic mass is 10.0. The van der Waals surface area contributed by atoms with Gasteiger partial charge >= 0.3 is 0 Å². The number of amides is 3. The summed E-state index contributed by atoms with van der Waals surface area (Å²) in [6.07, 6.45) is 2.32. The Morgan fingerprint density at radius 3 is 2.52 bits per heavy atom. The molecule has 0 bridgehead atoms. The minimum Gasteiger partial charge on any atom is -0.494 e. The van der Waals surface area contributed by atoms with Crippen molar-refractivity contribution in [2.24, 2.45) is 0 Å². The smallest absolute Gasteiger partial charge is 0.255 e. The highest BCUT2D eigenvalue weighted by Gasteiger charge is 2.40. The van der Waals surface area contributed by atoms with E-state index >= 15 is 0 Å². The van der Waals surface area contributed by atoms with Gasteiger partial charge in [-0.25, -0.2) is 0 Å². The highest BCUT2D eigenvalue weighted by Crippen LogP contribution is 2.33. The Hall–Kier alpha value is -2.02. The Morgan fingerprint density at radius 2 is 1.92 bits per heavy atom. The highest BCUT2D eigenvalue weighted by molar-refractivity contribution is 7.79. The van der Waals surface area contributed by atoms with Crippen LogP contribution >= 0.6 is 12.6 Å². The fourth-order valence-corrected chi connectivity index (χ4v) is 2.85. The Labute approximate surface area is 154 Å². The lowest BCUT2D eigenvalue weighted by molar-refractivity contribution is -0.136. The quantitative estimate of drug-likeness (QED) is 0.636. The molecule has 3 rings (SSSR count). The van der Waals surface area contributed by atoms with Crippen LogP contribution in [0.15, 0.2) is 18.2 Å². The van der Waals surface area contributed by atoms with Crippen molar-refractivity contribution in [3.8, 4) is 5.75 Å². The van der Waals surface area contributed by atoms with Crippen LogP contribution in [0.25, 0.3) is 0 Å². The third-order valence-corrected chi connectivity index (χ3v) is 3.84. The van der Waals surface area contributed by atoms with E-state index in [4.69, 9.17) is 4.74 Å². The number of hydrogen-bond donors (Lipinski definition) is 2. The van der Waals surface area contributed by atoms with Gasteiger partial charge in [-0.15, -0.1) is 0 Å². The molecule has 0 radical (unpaired) electrons. The predicted octanol–water partition coefficient (Wildman–Crippen LogP) is 2.42. The first-order valence-corrected chi connectivity index (χ1v) is 9.35. The summed E-state index contributed by atoms with van der Waals surface area (Å²) in [5, 5.41) is 2.29. The van der Waals surface area contributed by atoms with Crippen LogP contribution in [-0.4, -0.2) is 41.5 Å². The topological polar surface area (TPSA) is 75.7 Å². The molecule has 2 aliphatic rings. The van der Waals surface area contributed by atoms with Crippen molar-refractivity contribution in [1.82, 2.24) is 10.2 Å². The largest absolute Gasteiger partial charge is 0.494 e. The SMILES string of the molecule is CC.CCOc1cccc2c1CN(C1CCC(=O)NC1=O)C2=O.CS. The maximum atomic E-state index is 12.5. The van der Waals surface area contributed by atoms with E-state index in [9.17, 15) is 14.4 Å². The molecule has 1 fully saturated rings. The molecular formula is C18H26N2O4S. The Bertz CT molecular complexity index is 634. The number of thiol groups is 1. The molecule has 3 amide bonds. The van der Waals surface area contributed by atoms with Gasteiger partial charge in [-0.3, -0.25) is 19.7 Å². The maximum Gasteiger partial charge on any atom is 0.255 e. The molecule has 25 heavy (non-hydrogen) atoms. The van der Waals surface area contributed by atoms with Crippen LogP contribution in [0.2, 0.25) is 0 Å². The number of hydrogen-bond acceptors (Lipinski definition) is 5. The number of fused-ring (bicyclic) bond motifs is 1. The lowest BCUT2D eigenvalue weighted by Crippen LogP contribution is -2.52. The zero-order valence-electron chi connectivity index (χ0n) is 15.2. The number of carbonyl (C=O) groups excluding carboxylic acids is 3.